The van der Waals surface area contributed by atoms with Gasteiger partial charge in [0.15, 0.2) is 0 Å². The lowest BCUT2D eigenvalue weighted by Crippen LogP contribution is -2.18. The van der Waals surface area contributed by atoms with Crippen molar-refractivity contribution in [2.75, 3.05) is 0 Å². The summed E-state index contributed by atoms with van der Waals surface area (Å²) in [6.07, 6.45) is 0. The summed E-state index contributed by atoms with van der Waals surface area (Å²) in [5.74, 6) is 0.665. The molecule has 4 nitrogen and oxygen atoms in total. The summed E-state index contributed by atoms with van der Waals surface area (Å²) in [6, 6.07) is 23.7. The Balaban J connectivity index is 1.23. The van der Waals surface area contributed by atoms with Crippen LogP contribution in [0, 0.1) is 11.6 Å². The first-order valence-corrected chi connectivity index (χ1v) is 14.5. The normalized spacial score (nSPS) is 11.7. The van der Waals surface area contributed by atoms with Crippen molar-refractivity contribution in [3.8, 4) is 23.0 Å². The number of hydrogen-bond donors (Lipinski definition) is 0. The van der Waals surface area contributed by atoms with Gasteiger partial charge in [-0.2, -0.15) is 0 Å². The number of benzene rings is 4. The minimum absolute atomic E-state index is 0.0459. The van der Waals surface area contributed by atoms with Crippen molar-refractivity contribution in [2.45, 2.75) is 19.3 Å². The molecule has 0 atom stereocenters. The Bertz CT molecular complexity index is 1870. The average Bonchev–Trinajstić information content (AvgIpc) is 2.96. The molecule has 4 aromatic carbocycles. The molecule has 0 bridgehead atoms. The van der Waals surface area contributed by atoms with Crippen LogP contribution in [0.3, 0.4) is 0 Å². The molecule has 0 fully saturated rings. The highest BCUT2D eigenvalue weighted by molar-refractivity contribution is 6.32. The van der Waals surface area contributed by atoms with Crippen molar-refractivity contribution in [1.29, 1.82) is 0 Å². The lowest BCUT2D eigenvalue weighted by molar-refractivity contribution is 0.486. The smallest absolute Gasteiger partial charge is 0.142 e. The van der Waals surface area contributed by atoms with Gasteiger partial charge in [-0.05, 0) is 59.7 Å². The van der Waals surface area contributed by atoms with Gasteiger partial charge in [0.2, 0.25) is 0 Å². The second-order valence-corrected chi connectivity index (χ2v) is 11.9. The maximum absolute atomic E-state index is 14.2. The van der Waals surface area contributed by atoms with Gasteiger partial charge in [0, 0.05) is 28.3 Å². The number of nitrogens with zero attached hydrogens (tertiary/aromatic N) is 2. The number of rotatable bonds is 6. The van der Waals surface area contributed by atoms with Crippen LogP contribution in [0.25, 0.3) is 21.8 Å². The number of ether oxygens (including phenoxy) is 2. The first kappa shape index (κ1) is 29.4. The Morgan fingerprint density at radius 2 is 0.930 bits per heavy atom. The van der Waals surface area contributed by atoms with Gasteiger partial charge in [-0.15, -0.1) is 0 Å². The van der Waals surface area contributed by atoms with Gasteiger partial charge in [0.1, 0.15) is 44.9 Å². The molecule has 6 rings (SSSR count). The molecule has 216 valence electrons. The topological polar surface area (TPSA) is 44.2 Å². The maximum atomic E-state index is 14.2. The van der Waals surface area contributed by atoms with Crippen LogP contribution in [-0.2, 0) is 5.41 Å². The summed E-state index contributed by atoms with van der Waals surface area (Å²) < 4.78 is 40.5. The zero-order valence-electron chi connectivity index (χ0n) is 22.6. The molecule has 2 aromatic heterocycles. The molecule has 0 saturated heterocycles. The van der Waals surface area contributed by atoms with Gasteiger partial charge < -0.3 is 9.47 Å². The van der Waals surface area contributed by atoms with E-state index in [2.05, 4.69) is 23.8 Å². The fourth-order valence-corrected chi connectivity index (χ4v) is 5.48. The standard InChI is InChI=1S/C33H20Cl4F2N2O2/c1-33(2,17-3-7-19(8-4-17)42-29-15-31(36)40-27-13-23(34)25(38)11-21(27)29)18-5-9-20(10-6-18)43-30-16-32(37)41-28-14-24(35)26(39)12-22(28)30/h3-16H,1-2H3. The Hall–Kier alpha value is -3.68. The third-order valence-corrected chi connectivity index (χ3v) is 8.14. The van der Waals surface area contributed by atoms with Crippen molar-refractivity contribution in [2.24, 2.45) is 0 Å². The number of aromatic nitrogens is 2. The molecule has 0 aliphatic carbocycles. The molecule has 0 amide bonds. The van der Waals surface area contributed by atoms with Crippen LogP contribution in [0.2, 0.25) is 20.4 Å². The van der Waals surface area contributed by atoms with Crippen LogP contribution in [0.1, 0.15) is 25.0 Å². The number of fused-ring (bicyclic) bond motifs is 2. The van der Waals surface area contributed by atoms with Gasteiger partial charge in [0.25, 0.3) is 0 Å². The van der Waals surface area contributed by atoms with Gasteiger partial charge in [-0.3, -0.25) is 0 Å². The SMILES string of the molecule is CC(C)(c1ccc(Oc2cc(Cl)nc3cc(Cl)c(F)cc23)cc1)c1ccc(Oc2cc(Cl)nc3cc(Cl)c(F)cc23)cc1. The molecular weight excluding hydrogens is 636 g/mol. The van der Waals surface area contributed by atoms with Crippen molar-refractivity contribution >= 4 is 68.2 Å². The van der Waals surface area contributed by atoms with Gasteiger partial charge in [0.05, 0.1) is 21.1 Å². The molecule has 0 unspecified atom stereocenters. The Morgan fingerprint density at radius 1 is 0.558 bits per heavy atom. The highest BCUT2D eigenvalue weighted by atomic mass is 35.5. The Morgan fingerprint density at radius 3 is 1.30 bits per heavy atom. The summed E-state index contributed by atoms with van der Waals surface area (Å²) in [5.41, 5.74) is 2.54. The molecule has 43 heavy (non-hydrogen) atoms. The van der Waals surface area contributed by atoms with Crippen LogP contribution in [0.15, 0.2) is 84.9 Å². The van der Waals surface area contributed by atoms with E-state index in [1.165, 1.54) is 36.4 Å². The van der Waals surface area contributed by atoms with E-state index < -0.39 is 11.6 Å². The molecule has 10 heteroatoms. The number of halogens is 6. The fourth-order valence-electron chi connectivity index (χ4n) is 4.79. The highest BCUT2D eigenvalue weighted by Crippen LogP contribution is 2.38. The quantitative estimate of drug-likeness (QED) is 0.167. The van der Waals surface area contributed by atoms with Crippen molar-refractivity contribution in [1.82, 2.24) is 9.97 Å². The minimum atomic E-state index is -0.576. The molecule has 0 aliphatic heterocycles. The summed E-state index contributed by atoms with van der Waals surface area (Å²) in [6.45, 7) is 4.20. The summed E-state index contributed by atoms with van der Waals surface area (Å²) in [5, 5.41) is 1.22. The number of pyridine rings is 2. The Kier molecular flexibility index (Phi) is 7.82. The molecule has 0 saturated carbocycles. The summed E-state index contributed by atoms with van der Waals surface area (Å²) in [4.78, 5) is 8.42. The lowest BCUT2D eigenvalue weighted by atomic mass is 9.78. The maximum Gasteiger partial charge on any atom is 0.142 e. The first-order chi connectivity index (χ1) is 20.5. The first-order valence-electron chi connectivity index (χ1n) is 13.0. The lowest BCUT2D eigenvalue weighted by Gasteiger charge is -2.26. The molecule has 2 heterocycles. The third kappa shape index (κ3) is 5.93. The summed E-state index contributed by atoms with van der Waals surface area (Å²) >= 11 is 24.2. The van der Waals surface area contributed by atoms with E-state index in [1.807, 2.05) is 48.5 Å². The van der Waals surface area contributed by atoms with Crippen LogP contribution >= 0.6 is 46.4 Å². The van der Waals surface area contributed by atoms with E-state index >= 15 is 0 Å². The van der Waals surface area contributed by atoms with Crippen molar-refractivity contribution in [3.63, 3.8) is 0 Å². The molecule has 6 aromatic rings. The van der Waals surface area contributed by atoms with Gasteiger partial charge in [-0.25, -0.2) is 18.7 Å². The monoisotopic (exact) mass is 654 g/mol. The van der Waals surface area contributed by atoms with Crippen LogP contribution in [0.5, 0.6) is 23.0 Å². The van der Waals surface area contributed by atoms with Crippen LogP contribution in [0.4, 0.5) is 8.78 Å². The molecular formula is C33H20Cl4F2N2O2. The molecule has 0 N–H and O–H groups in total. The zero-order chi connectivity index (χ0) is 30.5. The summed E-state index contributed by atoms with van der Waals surface area (Å²) in [7, 11) is 0. The average molecular weight is 656 g/mol. The zero-order valence-corrected chi connectivity index (χ0v) is 25.6. The van der Waals surface area contributed by atoms with E-state index in [1.54, 1.807) is 0 Å². The third-order valence-electron chi connectivity index (χ3n) is 7.17. The second-order valence-electron chi connectivity index (χ2n) is 10.3. The molecule has 0 spiro atoms. The minimum Gasteiger partial charge on any atom is -0.457 e. The van der Waals surface area contributed by atoms with E-state index in [0.717, 1.165) is 11.1 Å². The largest absolute Gasteiger partial charge is 0.457 e. The molecule has 0 aliphatic rings. The van der Waals surface area contributed by atoms with E-state index in [-0.39, 0.29) is 25.8 Å². The van der Waals surface area contributed by atoms with Crippen molar-refractivity contribution in [3.05, 3.63) is 128 Å². The highest BCUT2D eigenvalue weighted by Gasteiger charge is 2.23. The van der Waals surface area contributed by atoms with E-state index in [9.17, 15) is 8.78 Å². The van der Waals surface area contributed by atoms with E-state index in [4.69, 9.17) is 55.9 Å². The van der Waals surface area contributed by atoms with Gasteiger partial charge >= 0.3 is 0 Å². The van der Waals surface area contributed by atoms with Crippen LogP contribution < -0.4 is 9.47 Å². The van der Waals surface area contributed by atoms with E-state index in [0.29, 0.717) is 44.8 Å². The predicted octanol–water partition coefficient (Wildman–Crippen LogP) is 11.6. The fraction of sp³-hybridized carbons (Fsp3) is 0.0909. The number of hydrogen-bond acceptors (Lipinski definition) is 4. The molecule has 0 radical (unpaired) electrons. The second kappa shape index (κ2) is 11.4. The predicted molar refractivity (Wildman–Crippen MR) is 169 cm³/mol. The van der Waals surface area contributed by atoms with Crippen LogP contribution in [-0.4, -0.2) is 9.97 Å². The van der Waals surface area contributed by atoms with Gasteiger partial charge in [-0.1, -0.05) is 84.5 Å². The Labute approximate surface area is 265 Å². The van der Waals surface area contributed by atoms with Crippen molar-refractivity contribution < 1.29 is 18.3 Å².